The van der Waals surface area contributed by atoms with Gasteiger partial charge in [0.05, 0.1) is 5.39 Å². The smallest absolute Gasteiger partial charge is 0.262 e. The van der Waals surface area contributed by atoms with Crippen LogP contribution in [0.5, 0.6) is 0 Å². The maximum Gasteiger partial charge on any atom is 0.262 e. The molecular formula is C20H26N6OS2. The van der Waals surface area contributed by atoms with Crippen LogP contribution in [0.4, 0.5) is 5.82 Å². The normalized spacial score (nSPS) is 15.3. The van der Waals surface area contributed by atoms with Crippen LogP contribution >= 0.6 is 23.1 Å². The van der Waals surface area contributed by atoms with Gasteiger partial charge < -0.3 is 4.90 Å². The second-order valence-electron chi connectivity index (χ2n) is 7.32. The molecule has 1 saturated heterocycles. The van der Waals surface area contributed by atoms with E-state index in [0.717, 1.165) is 71.7 Å². The first-order valence-electron chi connectivity index (χ1n) is 9.87. The van der Waals surface area contributed by atoms with Crippen LogP contribution in [0.15, 0.2) is 28.5 Å². The Morgan fingerprint density at radius 3 is 2.72 bits per heavy atom. The molecule has 0 amide bonds. The van der Waals surface area contributed by atoms with E-state index in [0.29, 0.717) is 0 Å². The minimum Gasteiger partial charge on any atom is -0.354 e. The third-order valence-corrected chi connectivity index (χ3v) is 7.70. The molecule has 0 bridgehead atoms. The molecule has 29 heavy (non-hydrogen) atoms. The van der Waals surface area contributed by atoms with Gasteiger partial charge >= 0.3 is 0 Å². The van der Waals surface area contributed by atoms with Gasteiger partial charge in [-0.25, -0.2) is 15.0 Å². The van der Waals surface area contributed by atoms with Crippen LogP contribution in [0.1, 0.15) is 16.9 Å². The van der Waals surface area contributed by atoms with Gasteiger partial charge in [0.25, 0.3) is 5.56 Å². The minimum atomic E-state index is 0.0696. The van der Waals surface area contributed by atoms with E-state index in [1.807, 2.05) is 20.0 Å². The third-order valence-electron chi connectivity index (χ3n) is 5.48. The zero-order valence-corrected chi connectivity index (χ0v) is 18.7. The molecule has 0 aliphatic carbocycles. The average Bonchev–Trinajstić information content (AvgIpc) is 3.03. The fraction of sp³-hybridized carbons (Fsp3) is 0.500. The summed E-state index contributed by atoms with van der Waals surface area (Å²) >= 11 is 3.30. The highest BCUT2D eigenvalue weighted by Gasteiger charge is 2.18. The van der Waals surface area contributed by atoms with Crippen molar-refractivity contribution in [3.05, 3.63) is 39.4 Å². The van der Waals surface area contributed by atoms with Crippen molar-refractivity contribution in [1.82, 2.24) is 24.4 Å². The number of thiophene rings is 1. The summed E-state index contributed by atoms with van der Waals surface area (Å²) in [6.07, 6.45) is 4.48. The van der Waals surface area contributed by atoms with Crippen LogP contribution in [0.2, 0.25) is 0 Å². The molecule has 4 heterocycles. The lowest BCUT2D eigenvalue weighted by Gasteiger charge is -2.35. The summed E-state index contributed by atoms with van der Waals surface area (Å²) in [5.74, 6) is 1.97. The largest absolute Gasteiger partial charge is 0.354 e. The zero-order valence-electron chi connectivity index (χ0n) is 17.1. The number of fused-ring (bicyclic) bond motifs is 1. The first-order chi connectivity index (χ1) is 14.0. The maximum absolute atomic E-state index is 12.7. The molecule has 0 radical (unpaired) electrons. The number of hydrogen-bond acceptors (Lipinski definition) is 8. The molecule has 0 unspecified atom stereocenters. The Morgan fingerprint density at radius 2 is 2.00 bits per heavy atom. The van der Waals surface area contributed by atoms with Gasteiger partial charge in [-0.05, 0) is 38.4 Å². The van der Waals surface area contributed by atoms with Crippen LogP contribution in [0.3, 0.4) is 0 Å². The number of aryl methyl sites for hydroxylation is 2. The van der Waals surface area contributed by atoms with Gasteiger partial charge in [0.1, 0.15) is 17.0 Å². The fourth-order valence-corrected chi connectivity index (χ4v) is 5.57. The summed E-state index contributed by atoms with van der Waals surface area (Å²) in [6.45, 7) is 9.21. The standard InChI is InChI=1S/C20H26N6OS2/c1-14-15(2)29-18-17(14)19(27)24(3)20(23-18)28-12-4-7-25-8-10-26(11-9-25)16-5-6-21-13-22-16/h5-6,13H,4,7-12H2,1-3H3. The van der Waals surface area contributed by atoms with Crippen LogP contribution in [0.25, 0.3) is 10.2 Å². The first-order valence-corrected chi connectivity index (χ1v) is 11.7. The van der Waals surface area contributed by atoms with E-state index in [1.54, 1.807) is 40.2 Å². The van der Waals surface area contributed by atoms with Gasteiger partial charge in [0, 0.05) is 50.1 Å². The number of rotatable bonds is 6. The number of piperazine rings is 1. The monoisotopic (exact) mass is 430 g/mol. The van der Waals surface area contributed by atoms with Gasteiger partial charge in [-0.1, -0.05) is 11.8 Å². The molecule has 0 aromatic carbocycles. The summed E-state index contributed by atoms with van der Waals surface area (Å²) < 4.78 is 1.70. The highest BCUT2D eigenvalue weighted by molar-refractivity contribution is 7.99. The third kappa shape index (κ3) is 4.31. The Hall–Kier alpha value is -1.97. The SMILES string of the molecule is Cc1sc2nc(SCCCN3CCN(c4ccncn4)CC3)n(C)c(=O)c2c1C. The molecule has 7 nitrogen and oxygen atoms in total. The summed E-state index contributed by atoms with van der Waals surface area (Å²) in [7, 11) is 1.83. The molecule has 4 rings (SSSR count). The topological polar surface area (TPSA) is 67.2 Å². The van der Waals surface area contributed by atoms with Crippen molar-refractivity contribution in [2.24, 2.45) is 7.05 Å². The molecule has 0 atom stereocenters. The van der Waals surface area contributed by atoms with Crippen molar-refractivity contribution in [2.45, 2.75) is 25.4 Å². The highest BCUT2D eigenvalue weighted by atomic mass is 32.2. The Kier molecular flexibility index (Phi) is 6.17. The molecule has 0 saturated carbocycles. The summed E-state index contributed by atoms with van der Waals surface area (Å²) in [5, 5.41) is 1.60. The van der Waals surface area contributed by atoms with E-state index < -0.39 is 0 Å². The molecule has 1 fully saturated rings. The fourth-order valence-electron chi connectivity index (χ4n) is 3.61. The second kappa shape index (κ2) is 8.81. The lowest BCUT2D eigenvalue weighted by molar-refractivity contribution is 0.258. The number of aromatic nitrogens is 4. The Labute approximate surface area is 178 Å². The van der Waals surface area contributed by atoms with Crippen molar-refractivity contribution < 1.29 is 0 Å². The molecule has 1 aliphatic heterocycles. The predicted molar refractivity (Wildman–Crippen MR) is 120 cm³/mol. The van der Waals surface area contributed by atoms with Crippen LogP contribution in [-0.2, 0) is 7.05 Å². The van der Waals surface area contributed by atoms with Gasteiger partial charge in [0.15, 0.2) is 5.16 Å². The highest BCUT2D eigenvalue weighted by Crippen LogP contribution is 2.28. The molecule has 0 spiro atoms. The van der Waals surface area contributed by atoms with E-state index in [9.17, 15) is 4.79 Å². The van der Waals surface area contributed by atoms with Crippen LogP contribution in [-0.4, -0.2) is 62.9 Å². The number of anilines is 1. The van der Waals surface area contributed by atoms with Crippen LogP contribution < -0.4 is 10.5 Å². The summed E-state index contributed by atoms with van der Waals surface area (Å²) in [4.78, 5) is 32.6. The summed E-state index contributed by atoms with van der Waals surface area (Å²) in [6, 6.07) is 1.97. The predicted octanol–water partition coefficient (Wildman–Crippen LogP) is 2.71. The van der Waals surface area contributed by atoms with E-state index in [1.165, 1.54) is 4.88 Å². The Balaban J connectivity index is 1.28. The Morgan fingerprint density at radius 1 is 1.21 bits per heavy atom. The van der Waals surface area contributed by atoms with Crippen molar-refractivity contribution in [3.8, 4) is 0 Å². The quantitative estimate of drug-likeness (QED) is 0.338. The van der Waals surface area contributed by atoms with Crippen molar-refractivity contribution >= 4 is 39.1 Å². The molecule has 0 N–H and O–H groups in total. The van der Waals surface area contributed by atoms with Gasteiger partial charge in [-0.15, -0.1) is 11.3 Å². The van der Waals surface area contributed by atoms with Gasteiger partial charge in [-0.2, -0.15) is 0 Å². The zero-order chi connectivity index (χ0) is 20.4. The van der Waals surface area contributed by atoms with Crippen molar-refractivity contribution in [1.29, 1.82) is 0 Å². The van der Waals surface area contributed by atoms with Gasteiger partial charge in [-0.3, -0.25) is 14.3 Å². The average molecular weight is 431 g/mol. The maximum atomic E-state index is 12.7. The van der Waals surface area contributed by atoms with Gasteiger partial charge in [0.2, 0.25) is 0 Å². The second-order valence-corrected chi connectivity index (χ2v) is 9.59. The van der Waals surface area contributed by atoms with E-state index in [4.69, 9.17) is 4.98 Å². The number of thioether (sulfide) groups is 1. The molecule has 3 aromatic rings. The molecule has 154 valence electrons. The van der Waals surface area contributed by atoms with E-state index >= 15 is 0 Å². The number of nitrogens with zero attached hydrogens (tertiary/aromatic N) is 6. The van der Waals surface area contributed by atoms with E-state index in [-0.39, 0.29) is 5.56 Å². The van der Waals surface area contributed by atoms with Crippen molar-refractivity contribution in [2.75, 3.05) is 43.4 Å². The minimum absolute atomic E-state index is 0.0696. The molecule has 3 aromatic heterocycles. The van der Waals surface area contributed by atoms with E-state index in [2.05, 4.69) is 26.7 Å². The molecule has 9 heteroatoms. The number of hydrogen-bond donors (Lipinski definition) is 0. The lowest BCUT2D eigenvalue weighted by Crippen LogP contribution is -2.47. The molecular weight excluding hydrogens is 404 g/mol. The lowest BCUT2D eigenvalue weighted by atomic mass is 10.2. The Bertz CT molecular complexity index is 1040. The summed E-state index contributed by atoms with van der Waals surface area (Å²) in [5.41, 5.74) is 1.14. The van der Waals surface area contributed by atoms with Crippen molar-refractivity contribution in [3.63, 3.8) is 0 Å². The molecule has 1 aliphatic rings. The first kappa shape index (κ1) is 20.3. The van der Waals surface area contributed by atoms with Crippen LogP contribution in [0, 0.1) is 13.8 Å².